The first-order valence-corrected chi connectivity index (χ1v) is 13.8. The number of carbonyl (C=O) groups is 4. The Morgan fingerprint density at radius 2 is 1.66 bits per heavy atom. The van der Waals surface area contributed by atoms with Crippen molar-refractivity contribution in [3.05, 3.63) is 64.7 Å². The van der Waals surface area contributed by atoms with Crippen LogP contribution in [0.1, 0.15) is 81.7 Å². The second kappa shape index (κ2) is 14.9. The number of unbranched alkanes of at least 4 members (excludes halogenated alkanes) is 1. The SMILES string of the molecule is C#Cc1ccc(C(C(=O)Nc2c(C)cccc2C)N(CCCC)C(=O)C(CCC(N)=O)NC(=O)OC(C)(C)C)cc1. The van der Waals surface area contributed by atoms with E-state index in [0.29, 0.717) is 23.2 Å². The normalized spacial score (nSPS) is 12.4. The molecule has 0 saturated heterocycles. The van der Waals surface area contributed by atoms with Crippen molar-refractivity contribution in [2.75, 3.05) is 11.9 Å². The summed E-state index contributed by atoms with van der Waals surface area (Å²) in [6.07, 6.45) is 5.87. The summed E-state index contributed by atoms with van der Waals surface area (Å²) in [4.78, 5) is 54.0. The molecular weight excluding hydrogens is 520 g/mol. The number of amides is 4. The van der Waals surface area contributed by atoms with Crippen LogP contribution in [0.5, 0.6) is 0 Å². The summed E-state index contributed by atoms with van der Waals surface area (Å²) in [7, 11) is 0. The summed E-state index contributed by atoms with van der Waals surface area (Å²) < 4.78 is 5.37. The molecule has 0 radical (unpaired) electrons. The topological polar surface area (TPSA) is 131 Å². The first-order chi connectivity index (χ1) is 19.3. The number of benzene rings is 2. The largest absolute Gasteiger partial charge is 0.444 e. The molecule has 0 bridgehead atoms. The third-order valence-corrected chi connectivity index (χ3v) is 6.39. The molecule has 4 N–H and O–H groups in total. The van der Waals surface area contributed by atoms with Crippen molar-refractivity contribution in [1.29, 1.82) is 0 Å². The molecule has 4 amide bonds. The number of nitrogens with two attached hydrogens (primary N) is 1. The highest BCUT2D eigenvalue weighted by atomic mass is 16.6. The lowest BCUT2D eigenvalue weighted by Gasteiger charge is -2.34. The third-order valence-electron chi connectivity index (χ3n) is 6.39. The van der Waals surface area contributed by atoms with Crippen molar-refractivity contribution in [2.45, 2.75) is 84.9 Å². The molecule has 2 aromatic rings. The van der Waals surface area contributed by atoms with Gasteiger partial charge in [-0.25, -0.2) is 4.79 Å². The van der Waals surface area contributed by atoms with Crippen molar-refractivity contribution in [2.24, 2.45) is 5.73 Å². The van der Waals surface area contributed by atoms with Gasteiger partial charge in [-0.1, -0.05) is 49.6 Å². The number of rotatable bonds is 12. The van der Waals surface area contributed by atoms with Gasteiger partial charge in [0.05, 0.1) is 0 Å². The lowest BCUT2D eigenvalue weighted by atomic mass is 9.99. The van der Waals surface area contributed by atoms with Crippen LogP contribution < -0.4 is 16.4 Å². The smallest absolute Gasteiger partial charge is 0.408 e. The maximum atomic E-state index is 14.2. The molecular formula is C32H42N4O5. The van der Waals surface area contributed by atoms with Crippen molar-refractivity contribution in [3.8, 4) is 12.3 Å². The quantitative estimate of drug-likeness (QED) is 0.321. The number of carbonyl (C=O) groups excluding carboxylic acids is 4. The predicted molar refractivity (Wildman–Crippen MR) is 160 cm³/mol. The molecule has 0 aromatic heterocycles. The lowest BCUT2D eigenvalue weighted by molar-refractivity contribution is -0.141. The van der Waals surface area contributed by atoms with Crippen molar-refractivity contribution in [1.82, 2.24) is 10.2 Å². The number of aryl methyl sites for hydroxylation is 2. The fourth-order valence-electron chi connectivity index (χ4n) is 4.33. The Hall–Kier alpha value is -4.32. The van der Waals surface area contributed by atoms with E-state index in [2.05, 4.69) is 16.6 Å². The van der Waals surface area contributed by atoms with Gasteiger partial charge in [-0.2, -0.15) is 0 Å². The van der Waals surface area contributed by atoms with Gasteiger partial charge in [0.1, 0.15) is 17.7 Å². The number of ether oxygens (including phenoxy) is 1. The highest BCUT2D eigenvalue weighted by Gasteiger charge is 2.36. The number of nitrogens with zero attached hydrogens (tertiary/aromatic N) is 1. The molecule has 9 nitrogen and oxygen atoms in total. The monoisotopic (exact) mass is 562 g/mol. The number of hydrogen-bond donors (Lipinski definition) is 3. The van der Waals surface area contributed by atoms with Crippen LogP contribution in [0.2, 0.25) is 0 Å². The number of hydrogen-bond acceptors (Lipinski definition) is 5. The fourth-order valence-corrected chi connectivity index (χ4v) is 4.33. The average molecular weight is 563 g/mol. The second-order valence-corrected chi connectivity index (χ2v) is 11.0. The second-order valence-electron chi connectivity index (χ2n) is 11.0. The van der Waals surface area contributed by atoms with E-state index >= 15 is 0 Å². The van der Waals surface area contributed by atoms with Crippen LogP contribution in [0.15, 0.2) is 42.5 Å². The summed E-state index contributed by atoms with van der Waals surface area (Å²) in [5, 5.41) is 5.62. The van der Waals surface area contributed by atoms with Gasteiger partial charge in [0.25, 0.3) is 5.91 Å². The summed E-state index contributed by atoms with van der Waals surface area (Å²) in [5.74, 6) is 0.982. The van der Waals surface area contributed by atoms with E-state index in [1.807, 2.05) is 39.0 Å². The standard InChI is InChI=1S/C32H42N4O5/c1-8-10-20-36(30(39)25(18-19-26(33)37)34-31(40)41-32(5,6)7)28(24-16-14-23(9-2)15-17-24)29(38)35-27-21(3)12-11-13-22(27)4/h2,11-17,25,28H,8,10,18-20H2,1,3-7H3,(H2,33,37)(H,34,40)(H,35,38). The predicted octanol–water partition coefficient (Wildman–Crippen LogP) is 4.75. The molecule has 0 spiro atoms. The fraction of sp³-hybridized carbons (Fsp3) is 0.438. The number of primary amides is 1. The molecule has 0 aliphatic heterocycles. The Labute approximate surface area is 243 Å². The van der Waals surface area contributed by atoms with Crippen molar-refractivity contribution >= 4 is 29.5 Å². The molecule has 2 unspecified atom stereocenters. The van der Waals surface area contributed by atoms with Crippen LogP contribution >= 0.6 is 0 Å². The van der Waals surface area contributed by atoms with Gasteiger partial charge in [0, 0.05) is 24.2 Å². The molecule has 0 saturated carbocycles. The van der Waals surface area contributed by atoms with Gasteiger partial charge in [0.15, 0.2) is 0 Å². The van der Waals surface area contributed by atoms with Gasteiger partial charge in [-0.3, -0.25) is 14.4 Å². The summed E-state index contributed by atoms with van der Waals surface area (Å²) in [6, 6.07) is 10.3. The van der Waals surface area contributed by atoms with E-state index < -0.39 is 41.5 Å². The average Bonchev–Trinajstić information content (AvgIpc) is 2.89. The first kappa shape index (κ1) is 32.9. The Morgan fingerprint density at radius 3 is 2.17 bits per heavy atom. The molecule has 2 aromatic carbocycles. The molecule has 41 heavy (non-hydrogen) atoms. The molecule has 0 aliphatic carbocycles. The molecule has 220 valence electrons. The molecule has 0 fully saturated rings. The van der Waals surface area contributed by atoms with Crippen LogP contribution in [-0.4, -0.2) is 46.9 Å². The molecule has 2 rings (SSSR count). The number of terminal acetylenes is 1. The minimum atomic E-state index is -1.16. The Bertz CT molecular complexity index is 1250. The van der Waals surface area contributed by atoms with E-state index in [4.69, 9.17) is 16.9 Å². The zero-order valence-electron chi connectivity index (χ0n) is 24.9. The summed E-state index contributed by atoms with van der Waals surface area (Å²) in [6.45, 7) is 11.1. The van der Waals surface area contributed by atoms with Crippen molar-refractivity contribution < 1.29 is 23.9 Å². The highest BCUT2D eigenvalue weighted by Crippen LogP contribution is 2.28. The van der Waals surface area contributed by atoms with Gasteiger partial charge in [-0.15, -0.1) is 6.42 Å². The minimum absolute atomic E-state index is 0.0582. The number of anilines is 1. The van der Waals surface area contributed by atoms with E-state index in [0.717, 1.165) is 17.5 Å². The first-order valence-electron chi connectivity index (χ1n) is 13.8. The molecule has 0 aliphatic rings. The Balaban J connectivity index is 2.59. The number of alkyl carbamates (subject to hydrolysis) is 1. The number of nitrogens with one attached hydrogen (secondary N) is 2. The van der Waals surface area contributed by atoms with E-state index in [1.165, 1.54) is 4.90 Å². The van der Waals surface area contributed by atoms with Crippen LogP contribution in [0.4, 0.5) is 10.5 Å². The van der Waals surface area contributed by atoms with Crippen LogP contribution in [0.25, 0.3) is 0 Å². The van der Waals surface area contributed by atoms with Gasteiger partial charge in [0.2, 0.25) is 11.8 Å². The Morgan fingerprint density at radius 1 is 1.05 bits per heavy atom. The zero-order valence-corrected chi connectivity index (χ0v) is 24.9. The van der Waals surface area contributed by atoms with E-state index in [-0.39, 0.29) is 19.4 Å². The van der Waals surface area contributed by atoms with Gasteiger partial charge >= 0.3 is 6.09 Å². The highest BCUT2D eigenvalue weighted by molar-refractivity contribution is 6.00. The summed E-state index contributed by atoms with van der Waals surface area (Å²) >= 11 is 0. The van der Waals surface area contributed by atoms with E-state index in [1.54, 1.807) is 45.0 Å². The summed E-state index contributed by atoms with van der Waals surface area (Å²) in [5.41, 5.74) is 8.14. The molecule has 9 heteroatoms. The maximum Gasteiger partial charge on any atom is 0.408 e. The minimum Gasteiger partial charge on any atom is -0.444 e. The van der Waals surface area contributed by atoms with Crippen LogP contribution in [0.3, 0.4) is 0 Å². The molecule has 0 heterocycles. The van der Waals surface area contributed by atoms with Crippen LogP contribution in [0, 0.1) is 26.2 Å². The third kappa shape index (κ3) is 9.98. The van der Waals surface area contributed by atoms with Crippen LogP contribution in [-0.2, 0) is 19.1 Å². The van der Waals surface area contributed by atoms with E-state index in [9.17, 15) is 19.2 Å². The Kier molecular flexibility index (Phi) is 11.9. The van der Waals surface area contributed by atoms with Crippen molar-refractivity contribution in [3.63, 3.8) is 0 Å². The lowest BCUT2D eigenvalue weighted by Crippen LogP contribution is -2.52. The number of para-hydroxylation sites is 1. The maximum absolute atomic E-state index is 14.2. The van der Waals surface area contributed by atoms with Gasteiger partial charge < -0.3 is 26.0 Å². The zero-order chi connectivity index (χ0) is 30.7. The molecule has 2 atom stereocenters. The van der Waals surface area contributed by atoms with Gasteiger partial charge in [-0.05, 0) is 76.3 Å².